The molecule has 1 heterocycles. The van der Waals surface area contributed by atoms with Crippen molar-refractivity contribution in [2.24, 2.45) is 0 Å². The van der Waals surface area contributed by atoms with E-state index in [9.17, 15) is 9.59 Å². The number of carbonyl (C=O) groups is 2. The van der Waals surface area contributed by atoms with Gasteiger partial charge < -0.3 is 10.6 Å². The molecule has 0 atom stereocenters. The monoisotopic (exact) mass is 368 g/mol. The van der Waals surface area contributed by atoms with Gasteiger partial charge in [-0.15, -0.1) is 0 Å². The summed E-state index contributed by atoms with van der Waals surface area (Å²) in [5.74, 6) is -0.423. The first-order chi connectivity index (χ1) is 12.6. The molecule has 3 rings (SSSR count). The minimum atomic E-state index is -0.304. The Labute approximate surface area is 155 Å². The molecule has 0 saturated heterocycles. The fourth-order valence-corrected chi connectivity index (χ4v) is 2.49. The summed E-state index contributed by atoms with van der Waals surface area (Å²) in [6, 6.07) is 14.2. The number of nitrogens with zero attached hydrogens (tertiary/aromatic N) is 2. The highest BCUT2D eigenvalue weighted by Gasteiger charge is 2.09. The fourth-order valence-electron chi connectivity index (χ4n) is 2.36. The van der Waals surface area contributed by atoms with Crippen LogP contribution in [0.1, 0.15) is 23.3 Å². The van der Waals surface area contributed by atoms with E-state index in [0.29, 0.717) is 35.6 Å². The Morgan fingerprint density at radius 1 is 1.00 bits per heavy atom. The van der Waals surface area contributed by atoms with Gasteiger partial charge >= 0.3 is 0 Å². The van der Waals surface area contributed by atoms with Crippen molar-refractivity contribution < 1.29 is 9.59 Å². The third-order valence-electron chi connectivity index (χ3n) is 3.68. The van der Waals surface area contributed by atoms with Gasteiger partial charge in [-0.1, -0.05) is 23.7 Å². The fraction of sp³-hybridized carbons (Fsp3) is 0.158. The van der Waals surface area contributed by atoms with Gasteiger partial charge in [-0.25, -0.2) is 4.98 Å². The lowest BCUT2D eigenvalue weighted by Crippen LogP contribution is -2.26. The summed E-state index contributed by atoms with van der Waals surface area (Å²) in [5, 5.41) is 6.14. The topological polar surface area (TPSA) is 84.0 Å². The lowest BCUT2D eigenvalue weighted by Gasteiger charge is -2.07. The predicted octanol–water partition coefficient (Wildman–Crippen LogP) is 3.43. The van der Waals surface area contributed by atoms with Crippen LogP contribution >= 0.6 is 11.6 Å². The van der Waals surface area contributed by atoms with E-state index in [1.54, 1.807) is 30.3 Å². The molecule has 0 radical (unpaired) electrons. The van der Waals surface area contributed by atoms with Gasteiger partial charge in [0.05, 0.1) is 17.2 Å². The van der Waals surface area contributed by atoms with Crippen LogP contribution in [0.5, 0.6) is 0 Å². The zero-order valence-corrected chi connectivity index (χ0v) is 14.7. The molecule has 0 unspecified atom stereocenters. The maximum absolute atomic E-state index is 12.1. The first-order valence-corrected chi connectivity index (χ1v) is 8.55. The van der Waals surface area contributed by atoms with Gasteiger partial charge in [-0.3, -0.25) is 14.6 Å². The van der Waals surface area contributed by atoms with Crippen molar-refractivity contribution in [2.75, 3.05) is 11.9 Å². The molecule has 132 valence electrons. The second-order valence-electron chi connectivity index (χ2n) is 5.66. The lowest BCUT2D eigenvalue weighted by atomic mass is 10.2. The van der Waals surface area contributed by atoms with E-state index in [2.05, 4.69) is 20.6 Å². The largest absolute Gasteiger partial charge is 0.351 e. The Morgan fingerprint density at radius 3 is 2.50 bits per heavy atom. The van der Waals surface area contributed by atoms with Gasteiger partial charge in [0.15, 0.2) is 0 Å². The van der Waals surface area contributed by atoms with Crippen molar-refractivity contribution in [3.05, 3.63) is 65.4 Å². The van der Waals surface area contributed by atoms with Crippen LogP contribution in [0.4, 0.5) is 5.69 Å². The van der Waals surface area contributed by atoms with E-state index in [1.807, 2.05) is 18.2 Å². The molecule has 0 aliphatic carbocycles. The van der Waals surface area contributed by atoms with Gasteiger partial charge in [0, 0.05) is 23.7 Å². The maximum atomic E-state index is 12.1. The number of carbonyl (C=O) groups excluding carboxylic acids is 2. The third-order valence-corrected chi connectivity index (χ3v) is 3.93. The molecule has 26 heavy (non-hydrogen) atoms. The second-order valence-corrected chi connectivity index (χ2v) is 6.09. The van der Waals surface area contributed by atoms with Gasteiger partial charge in [-0.05, 0) is 42.8 Å². The summed E-state index contributed by atoms with van der Waals surface area (Å²) in [6.45, 7) is 0.376. The number of anilines is 1. The molecule has 6 nitrogen and oxygen atoms in total. The van der Waals surface area contributed by atoms with Crippen LogP contribution in [0, 0.1) is 0 Å². The molecule has 1 aromatic heterocycles. The Bertz CT molecular complexity index is 928. The number of halogens is 1. The van der Waals surface area contributed by atoms with E-state index in [4.69, 9.17) is 11.6 Å². The molecule has 0 spiro atoms. The van der Waals surface area contributed by atoms with Crippen molar-refractivity contribution in [1.82, 2.24) is 15.3 Å². The number of para-hydroxylation sites is 2. The molecule has 0 fully saturated rings. The number of hydrogen-bond donors (Lipinski definition) is 2. The van der Waals surface area contributed by atoms with Crippen molar-refractivity contribution in [1.29, 1.82) is 0 Å². The van der Waals surface area contributed by atoms with Gasteiger partial charge in [-0.2, -0.15) is 0 Å². The van der Waals surface area contributed by atoms with Crippen LogP contribution in [-0.4, -0.2) is 28.3 Å². The van der Waals surface area contributed by atoms with Crippen LogP contribution in [0.2, 0.25) is 5.02 Å². The number of hydrogen-bond acceptors (Lipinski definition) is 4. The van der Waals surface area contributed by atoms with E-state index in [0.717, 1.165) is 5.52 Å². The smallest absolute Gasteiger partial charge is 0.271 e. The Kier molecular flexibility index (Phi) is 5.76. The highest BCUT2D eigenvalue weighted by molar-refractivity contribution is 6.30. The number of amides is 2. The van der Waals surface area contributed by atoms with Gasteiger partial charge in [0.25, 0.3) is 5.91 Å². The van der Waals surface area contributed by atoms with Crippen LogP contribution < -0.4 is 10.6 Å². The highest BCUT2D eigenvalue weighted by Crippen LogP contribution is 2.13. The highest BCUT2D eigenvalue weighted by atomic mass is 35.5. The minimum absolute atomic E-state index is 0.118. The Morgan fingerprint density at radius 2 is 1.73 bits per heavy atom. The van der Waals surface area contributed by atoms with Crippen molar-refractivity contribution >= 4 is 40.1 Å². The molecular weight excluding hydrogens is 352 g/mol. The van der Waals surface area contributed by atoms with Gasteiger partial charge in [0.2, 0.25) is 5.91 Å². The summed E-state index contributed by atoms with van der Waals surface area (Å²) in [5.41, 5.74) is 2.36. The summed E-state index contributed by atoms with van der Waals surface area (Å²) in [4.78, 5) is 32.5. The van der Waals surface area contributed by atoms with Crippen LogP contribution in [0.3, 0.4) is 0 Å². The number of fused-ring (bicyclic) bond motifs is 1. The van der Waals surface area contributed by atoms with E-state index in [-0.39, 0.29) is 17.5 Å². The normalized spacial score (nSPS) is 10.5. The van der Waals surface area contributed by atoms with Crippen LogP contribution in [0.15, 0.2) is 54.7 Å². The second kappa shape index (κ2) is 8.40. The quantitative estimate of drug-likeness (QED) is 0.653. The molecule has 0 bridgehead atoms. The van der Waals surface area contributed by atoms with Crippen molar-refractivity contribution in [2.45, 2.75) is 12.8 Å². The molecule has 7 heteroatoms. The zero-order valence-electron chi connectivity index (χ0n) is 13.9. The van der Waals surface area contributed by atoms with E-state index >= 15 is 0 Å². The molecule has 0 aliphatic heterocycles. The first-order valence-electron chi connectivity index (χ1n) is 8.17. The maximum Gasteiger partial charge on any atom is 0.271 e. The first kappa shape index (κ1) is 17.8. The molecule has 3 aromatic rings. The van der Waals surface area contributed by atoms with Crippen molar-refractivity contribution in [3.8, 4) is 0 Å². The SMILES string of the molecule is O=C(CCCNC(=O)c1cnc2ccccc2n1)Nc1ccc(Cl)cc1. The Hall–Kier alpha value is -2.99. The number of rotatable bonds is 6. The molecule has 2 aromatic carbocycles. The average molecular weight is 369 g/mol. The zero-order chi connectivity index (χ0) is 18.4. The standard InChI is InChI=1S/C19H17ClN4O2/c20-13-7-9-14(10-8-13)23-18(25)6-3-11-21-19(26)17-12-22-15-4-1-2-5-16(15)24-17/h1-2,4-5,7-10,12H,3,6,11H2,(H,21,26)(H,23,25). The average Bonchev–Trinajstić information content (AvgIpc) is 2.66. The van der Waals surface area contributed by atoms with E-state index in [1.165, 1.54) is 6.20 Å². The number of aromatic nitrogens is 2. The Balaban J connectivity index is 1.44. The van der Waals surface area contributed by atoms with Crippen LogP contribution in [0.25, 0.3) is 11.0 Å². The minimum Gasteiger partial charge on any atom is -0.351 e. The van der Waals surface area contributed by atoms with Crippen LogP contribution in [-0.2, 0) is 4.79 Å². The molecular formula is C19H17ClN4O2. The molecule has 0 saturated carbocycles. The van der Waals surface area contributed by atoms with Gasteiger partial charge in [0.1, 0.15) is 5.69 Å². The van der Waals surface area contributed by atoms with E-state index < -0.39 is 0 Å². The molecule has 2 N–H and O–H groups in total. The summed E-state index contributed by atoms with van der Waals surface area (Å²) in [7, 11) is 0. The summed E-state index contributed by atoms with van der Waals surface area (Å²) >= 11 is 5.80. The number of benzene rings is 2. The predicted molar refractivity (Wildman–Crippen MR) is 101 cm³/mol. The summed E-state index contributed by atoms with van der Waals surface area (Å²) < 4.78 is 0. The molecule has 2 amide bonds. The number of nitrogens with one attached hydrogen (secondary N) is 2. The summed E-state index contributed by atoms with van der Waals surface area (Å²) in [6.07, 6.45) is 2.27. The third kappa shape index (κ3) is 4.77. The molecule has 0 aliphatic rings. The lowest BCUT2D eigenvalue weighted by molar-refractivity contribution is -0.116. The van der Waals surface area contributed by atoms with Crippen molar-refractivity contribution in [3.63, 3.8) is 0 Å².